The first-order valence-corrected chi connectivity index (χ1v) is 9.34. The van der Waals surface area contributed by atoms with Gasteiger partial charge in [-0.05, 0) is 55.9 Å². The van der Waals surface area contributed by atoms with E-state index in [9.17, 15) is 10.1 Å². The predicted octanol–water partition coefficient (Wildman–Crippen LogP) is 6.00. The number of allylic oxidation sites excluding steroid dienone is 2. The Kier molecular flexibility index (Phi) is 6.42. The average Bonchev–Trinajstić information content (AvgIpc) is 2.63. The smallest absolute Gasteiger partial charge is 0.276 e. The van der Waals surface area contributed by atoms with E-state index in [0.717, 1.165) is 12.2 Å². The van der Waals surface area contributed by atoms with Crippen LogP contribution in [0.4, 0.5) is 5.69 Å². The second-order valence-corrected chi connectivity index (χ2v) is 6.81. The highest BCUT2D eigenvalue weighted by Crippen LogP contribution is 2.23. The first-order valence-electron chi connectivity index (χ1n) is 9.34. The van der Waals surface area contributed by atoms with Gasteiger partial charge < -0.3 is 4.74 Å². The van der Waals surface area contributed by atoms with Crippen molar-refractivity contribution in [1.82, 2.24) is 0 Å². The normalized spacial score (nSPS) is 16.8. The van der Waals surface area contributed by atoms with Gasteiger partial charge in [0.1, 0.15) is 12.4 Å². The number of benzene rings is 2. The lowest BCUT2D eigenvalue weighted by molar-refractivity contribution is -0.385. The second kappa shape index (κ2) is 9.18. The van der Waals surface area contributed by atoms with E-state index in [4.69, 9.17) is 4.74 Å². The van der Waals surface area contributed by atoms with Crippen LogP contribution in [0.3, 0.4) is 0 Å². The Hall–Kier alpha value is -2.62. The molecule has 2 aromatic rings. The van der Waals surface area contributed by atoms with Crippen LogP contribution in [0.15, 0.2) is 60.2 Å². The Morgan fingerprint density at radius 1 is 0.962 bits per heavy atom. The van der Waals surface area contributed by atoms with E-state index >= 15 is 0 Å². The summed E-state index contributed by atoms with van der Waals surface area (Å²) in [6.45, 7) is 0.196. The fraction of sp³-hybridized carbons (Fsp3) is 0.364. The van der Waals surface area contributed by atoms with Crippen LogP contribution < -0.4 is 4.74 Å². The average molecular weight is 351 g/mol. The number of hydrogen-bond donors (Lipinski definition) is 0. The quantitative estimate of drug-likeness (QED) is 0.364. The zero-order valence-corrected chi connectivity index (χ0v) is 15.0. The number of rotatable bonds is 6. The minimum atomic E-state index is -0.371. The summed E-state index contributed by atoms with van der Waals surface area (Å²) in [5, 5.41) is 11.1. The van der Waals surface area contributed by atoms with Crippen LogP contribution in [-0.4, -0.2) is 4.92 Å². The van der Waals surface area contributed by atoms with Crippen LogP contribution in [0.5, 0.6) is 5.75 Å². The van der Waals surface area contributed by atoms with Crippen molar-refractivity contribution in [1.29, 1.82) is 0 Å². The first kappa shape index (κ1) is 18.2. The van der Waals surface area contributed by atoms with Crippen molar-refractivity contribution in [2.24, 2.45) is 0 Å². The van der Waals surface area contributed by atoms with Crippen molar-refractivity contribution in [3.05, 3.63) is 81.4 Å². The third kappa shape index (κ3) is 5.19. The van der Waals surface area contributed by atoms with E-state index in [-0.39, 0.29) is 17.2 Å². The van der Waals surface area contributed by atoms with Crippen LogP contribution in [0.2, 0.25) is 0 Å². The Morgan fingerprint density at radius 3 is 2.54 bits per heavy atom. The lowest BCUT2D eigenvalue weighted by Gasteiger charge is -2.12. The molecule has 4 nitrogen and oxygen atoms in total. The standard InChI is InChI=1S/C22H25NO3/c24-23(25)22-11-7-6-10-20(22)17-26-21-14-12-19(13-15-21)16-18-8-4-2-1-3-5-9-18/h6-8,10-15H,1-5,9,16-17H2/b18-8+. The van der Waals surface area contributed by atoms with Crippen LogP contribution in [0.25, 0.3) is 0 Å². The third-order valence-electron chi connectivity index (χ3n) is 4.82. The number of ether oxygens (including phenoxy) is 1. The topological polar surface area (TPSA) is 52.4 Å². The summed E-state index contributed by atoms with van der Waals surface area (Å²) in [4.78, 5) is 10.7. The molecule has 1 aliphatic rings. The molecule has 0 fully saturated rings. The van der Waals surface area contributed by atoms with E-state index in [1.54, 1.807) is 23.8 Å². The molecule has 26 heavy (non-hydrogen) atoms. The molecule has 2 aromatic carbocycles. The summed E-state index contributed by atoms with van der Waals surface area (Å²) in [6.07, 6.45) is 11.1. The van der Waals surface area contributed by atoms with E-state index in [0.29, 0.717) is 5.56 Å². The fourth-order valence-electron chi connectivity index (χ4n) is 3.36. The molecule has 1 aliphatic carbocycles. The first-order chi connectivity index (χ1) is 12.7. The zero-order chi connectivity index (χ0) is 18.2. The third-order valence-corrected chi connectivity index (χ3v) is 4.82. The van der Waals surface area contributed by atoms with Crippen LogP contribution in [0.1, 0.15) is 49.7 Å². The maximum Gasteiger partial charge on any atom is 0.276 e. The van der Waals surface area contributed by atoms with Crippen LogP contribution >= 0.6 is 0 Å². The molecule has 0 N–H and O–H groups in total. The molecule has 0 aromatic heterocycles. The number of para-hydroxylation sites is 1. The molecule has 0 saturated heterocycles. The van der Waals surface area contributed by atoms with E-state index in [1.807, 2.05) is 12.1 Å². The lowest BCUT2D eigenvalue weighted by Crippen LogP contribution is -2.00. The van der Waals surface area contributed by atoms with Crippen molar-refractivity contribution < 1.29 is 9.66 Å². The molecule has 0 radical (unpaired) electrons. The summed E-state index contributed by atoms with van der Waals surface area (Å²) >= 11 is 0. The Morgan fingerprint density at radius 2 is 1.73 bits per heavy atom. The summed E-state index contributed by atoms with van der Waals surface area (Å²) in [5.41, 5.74) is 3.51. The van der Waals surface area contributed by atoms with E-state index < -0.39 is 0 Å². The Labute approximate surface area is 154 Å². The molecular weight excluding hydrogens is 326 g/mol. The van der Waals surface area contributed by atoms with Crippen LogP contribution in [0, 0.1) is 10.1 Å². The molecule has 0 amide bonds. The summed E-state index contributed by atoms with van der Waals surface area (Å²) in [5.74, 6) is 0.735. The van der Waals surface area contributed by atoms with Crippen molar-refractivity contribution >= 4 is 5.69 Å². The van der Waals surface area contributed by atoms with Gasteiger partial charge in [0.25, 0.3) is 5.69 Å². The molecule has 0 spiro atoms. The van der Waals surface area contributed by atoms with E-state index in [2.05, 4.69) is 18.2 Å². The van der Waals surface area contributed by atoms with E-state index in [1.165, 1.54) is 50.2 Å². The van der Waals surface area contributed by atoms with Crippen molar-refractivity contribution in [3.63, 3.8) is 0 Å². The van der Waals surface area contributed by atoms with Gasteiger partial charge in [-0.2, -0.15) is 0 Å². The SMILES string of the molecule is O=[N+]([O-])c1ccccc1COc1ccc(C/C2=C/CCCCCC2)cc1. The zero-order valence-electron chi connectivity index (χ0n) is 15.0. The van der Waals surface area contributed by atoms with Gasteiger partial charge in [0, 0.05) is 6.07 Å². The highest BCUT2D eigenvalue weighted by atomic mass is 16.6. The molecule has 0 unspecified atom stereocenters. The minimum absolute atomic E-state index is 0.0975. The van der Waals surface area contributed by atoms with Gasteiger partial charge in [0.15, 0.2) is 0 Å². The molecule has 0 atom stereocenters. The molecule has 0 aliphatic heterocycles. The largest absolute Gasteiger partial charge is 0.489 e. The number of nitro benzene ring substituents is 1. The molecule has 4 heteroatoms. The van der Waals surface area contributed by atoms with Gasteiger partial charge in [-0.25, -0.2) is 0 Å². The maximum atomic E-state index is 11.1. The molecule has 0 heterocycles. The number of nitro groups is 1. The molecular formula is C22H25NO3. The minimum Gasteiger partial charge on any atom is -0.489 e. The fourth-order valence-corrected chi connectivity index (χ4v) is 3.36. The maximum absolute atomic E-state index is 11.1. The van der Waals surface area contributed by atoms with Gasteiger partial charge in [0.2, 0.25) is 0 Å². The Bertz CT molecular complexity index is 765. The Balaban J connectivity index is 1.59. The van der Waals surface area contributed by atoms with Gasteiger partial charge in [0.05, 0.1) is 10.5 Å². The predicted molar refractivity (Wildman–Crippen MR) is 103 cm³/mol. The lowest BCUT2D eigenvalue weighted by atomic mass is 9.95. The number of hydrogen-bond acceptors (Lipinski definition) is 3. The van der Waals surface area contributed by atoms with Gasteiger partial charge in [-0.1, -0.05) is 48.8 Å². The molecule has 0 bridgehead atoms. The van der Waals surface area contributed by atoms with Gasteiger partial charge in [-0.3, -0.25) is 10.1 Å². The molecule has 136 valence electrons. The highest BCUT2D eigenvalue weighted by molar-refractivity contribution is 5.40. The monoisotopic (exact) mass is 351 g/mol. The second-order valence-electron chi connectivity index (χ2n) is 6.81. The van der Waals surface area contributed by atoms with Crippen molar-refractivity contribution in [3.8, 4) is 5.75 Å². The van der Waals surface area contributed by atoms with Crippen molar-refractivity contribution in [2.45, 2.75) is 51.6 Å². The molecule has 3 rings (SSSR count). The number of nitrogens with zero attached hydrogens (tertiary/aromatic N) is 1. The molecule has 0 saturated carbocycles. The summed E-state index contributed by atoms with van der Waals surface area (Å²) in [7, 11) is 0. The summed E-state index contributed by atoms with van der Waals surface area (Å²) in [6, 6.07) is 14.8. The van der Waals surface area contributed by atoms with Gasteiger partial charge >= 0.3 is 0 Å². The highest BCUT2D eigenvalue weighted by Gasteiger charge is 2.12. The van der Waals surface area contributed by atoms with Gasteiger partial charge in [-0.15, -0.1) is 0 Å². The summed E-state index contributed by atoms with van der Waals surface area (Å²) < 4.78 is 5.75. The van der Waals surface area contributed by atoms with Crippen LogP contribution in [-0.2, 0) is 13.0 Å². The van der Waals surface area contributed by atoms with Crippen molar-refractivity contribution in [2.75, 3.05) is 0 Å².